The van der Waals surface area contributed by atoms with Crippen molar-refractivity contribution < 1.29 is 13.9 Å². The number of halogens is 1. The minimum atomic E-state index is -0.594. The van der Waals surface area contributed by atoms with Crippen molar-refractivity contribution in [1.82, 2.24) is 0 Å². The summed E-state index contributed by atoms with van der Waals surface area (Å²) in [6.07, 6.45) is 0.191. The molecule has 0 heterocycles. The third kappa shape index (κ3) is 2.81. The van der Waals surface area contributed by atoms with E-state index in [-0.39, 0.29) is 23.5 Å². The molecular weight excluding hydrogens is 243 g/mol. The van der Waals surface area contributed by atoms with Crippen molar-refractivity contribution in [3.8, 4) is 5.75 Å². The van der Waals surface area contributed by atoms with Gasteiger partial charge in [-0.3, -0.25) is 4.79 Å². The second-order valence-electron chi connectivity index (χ2n) is 4.35. The molecule has 0 spiro atoms. The first kappa shape index (κ1) is 13.3. The number of rotatable bonds is 4. The van der Waals surface area contributed by atoms with Crippen molar-refractivity contribution in [3.05, 3.63) is 65.0 Å². The summed E-state index contributed by atoms with van der Waals surface area (Å²) in [7, 11) is 1.38. The van der Waals surface area contributed by atoms with Crippen LogP contribution in [0.25, 0.3) is 0 Å². The molecule has 0 N–H and O–H groups in total. The lowest BCUT2D eigenvalue weighted by molar-refractivity contribution is 0.0988. The third-order valence-corrected chi connectivity index (χ3v) is 3.10. The molecule has 0 aliphatic carbocycles. The summed E-state index contributed by atoms with van der Waals surface area (Å²) in [5, 5.41) is 0. The molecule has 0 atom stereocenters. The van der Waals surface area contributed by atoms with Gasteiger partial charge in [-0.1, -0.05) is 30.3 Å². The van der Waals surface area contributed by atoms with E-state index >= 15 is 0 Å². The summed E-state index contributed by atoms with van der Waals surface area (Å²) < 4.78 is 18.9. The van der Waals surface area contributed by atoms with Crippen LogP contribution in [0.15, 0.2) is 42.5 Å². The Kier molecular flexibility index (Phi) is 3.95. The molecule has 0 bridgehead atoms. The summed E-state index contributed by atoms with van der Waals surface area (Å²) in [6.45, 7) is 1.94. The van der Waals surface area contributed by atoms with Crippen LogP contribution in [-0.4, -0.2) is 12.9 Å². The minimum Gasteiger partial charge on any atom is -0.494 e. The van der Waals surface area contributed by atoms with Crippen LogP contribution in [0, 0.1) is 12.7 Å². The highest BCUT2D eigenvalue weighted by Gasteiger charge is 2.16. The van der Waals surface area contributed by atoms with E-state index < -0.39 is 5.82 Å². The molecule has 0 fully saturated rings. The number of ether oxygens (including phenoxy) is 1. The number of Topliss-reactive ketones (excluding diaryl/α,β-unsaturated/α-hetero) is 1. The fourth-order valence-corrected chi connectivity index (χ4v) is 1.96. The molecule has 0 radical (unpaired) electrons. The number of benzene rings is 2. The van der Waals surface area contributed by atoms with Gasteiger partial charge < -0.3 is 4.74 Å². The summed E-state index contributed by atoms with van der Waals surface area (Å²) in [5.41, 5.74) is 2.01. The predicted octanol–water partition coefficient (Wildman–Crippen LogP) is 3.57. The summed E-state index contributed by atoms with van der Waals surface area (Å²) in [6, 6.07) is 12.2. The quantitative estimate of drug-likeness (QED) is 0.784. The van der Waals surface area contributed by atoms with E-state index in [4.69, 9.17) is 4.74 Å². The number of carbonyl (C=O) groups is 1. The average molecular weight is 258 g/mol. The largest absolute Gasteiger partial charge is 0.494 e. The topological polar surface area (TPSA) is 26.3 Å². The Labute approximate surface area is 111 Å². The third-order valence-electron chi connectivity index (χ3n) is 3.10. The highest BCUT2D eigenvalue weighted by molar-refractivity contribution is 5.98. The monoisotopic (exact) mass is 258 g/mol. The summed E-state index contributed by atoms with van der Waals surface area (Å²) in [4.78, 5) is 12.2. The molecule has 98 valence electrons. The number of hydrogen-bond donors (Lipinski definition) is 0. The molecule has 2 nitrogen and oxygen atoms in total. The Hall–Kier alpha value is -2.16. The number of carbonyl (C=O) groups excluding carboxylic acids is 1. The van der Waals surface area contributed by atoms with Crippen LogP contribution in [0.5, 0.6) is 5.75 Å². The molecule has 0 aromatic heterocycles. The SMILES string of the molecule is COc1cccc(C(=O)Cc2ccccc2C)c1F. The van der Waals surface area contributed by atoms with Gasteiger partial charge in [0.2, 0.25) is 0 Å². The molecular formula is C16H15FO2. The van der Waals surface area contributed by atoms with E-state index in [1.54, 1.807) is 6.07 Å². The van der Waals surface area contributed by atoms with Crippen LogP contribution >= 0.6 is 0 Å². The average Bonchev–Trinajstić information content (AvgIpc) is 2.41. The highest BCUT2D eigenvalue weighted by Crippen LogP contribution is 2.21. The van der Waals surface area contributed by atoms with Crippen molar-refractivity contribution in [2.75, 3.05) is 7.11 Å². The van der Waals surface area contributed by atoms with E-state index in [0.29, 0.717) is 0 Å². The van der Waals surface area contributed by atoms with Crippen LogP contribution in [0.1, 0.15) is 21.5 Å². The van der Waals surface area contributed by atoms with Gasteiger partial charge in [0.05, 0.1) is 12.7 Å². The van der Waals surface area contributed by atoms with Gasteiger partial charge in [0.1, 0.15) is 0 Å². The molecule has 19 heavy (non-hydrogen) atoms. The maximum absolute atomic E-state index is 14.0. The fraction of sp³-hybridized carbons (Fsp3) is 0.188. The normalized spacial score (nSPS) is 10.3. The van der Waals surface area contributed by atoms with Gasteiger partial charge in [0, 0.05) is 6.42 Å². The van der Waals surface area contributed by atoms with E-state index in [2.05, 4.69) is 0 Å². The first-order chi connectivity index (χ1) is 9.13. The molecule has 0 saturated carbocycles. The number of hydrogen-bond acceptors (Lipinski definition) is 2. The minimum absolute atomic E-state index is 0.0719. The standard InChI is InChI=1S/C16H15FO2/c1-11-6-3-4-7-12(11)10-14(18)13-8-5-9-15(19-2)16(13)17/h3-9H,10H2,1-2H3. The van der Waals surface area contributed by atoms with Gasteiger partial charge in [-0.15, -0.1) is 0 Å². The Balaban J connectivity index is 2.28. The summed E-state index contributed by atoms with van der Waals surface area (Å²) in [5.74, 6) is -0.745. The highest BCUT2D eigenvalue weighted by atomic mass is 19.1. The smallest absolute Gasteiger partial charge is 0.175 e. The van der Waals surface area contributed by atoms with E-state index in [9.17, 15) is 9.18 Å². The lowest BCUT2D eigenvalue weighted by Crippen LogP contribution is -2.08. The van der Waals surface area contributed by atoms with Gasteiger partial charge in [-0.05, 0) is 30.2 Å². The van der Waals surface area contributed by atoms with Gasteiger partial charge in [0.25, 0.3) is 0 Å². The fourth-order valence-electron chi connectivity index (χ4n) is 1.96. The van der Waals surface area contributed by atoms with E-state index in [1.165, 1.54) is 19.2 Å². The molecule has 2 aromatic carbocycles. The Morgan fingerprint density at radius 1 is 1.16 bits per heavy atom. The van der Waals surface area contributed by atoms with Crippen LogP contribution in [0.2, 0.25) is 0 Å². The van der Waals surface area contributed by atoms with Crippen molar-refractivity contribution in [1.29, 1.82) is 0 Å². The molecule has 2 aromatic rings. The van der Waals surface area contributed by atoms with E-state index in [0.717, 1.165) is 11.1 Å². The van der Waals surface area contributed by atoms with Gasteiger partial charge in [0.15, 0.2) is 17.3 Å². The zero-order valence-corrected chi connectivity index (χ0v) is 10.9. The molecule has 2 rings (SSSR count). The van der Waals surface area contributed by atoms with Gasteiger partial charge in [-0.25, -0.2) is 4.39 Å². The van der Waals surface area contributed by atoms with Crippen LogP contribution in [-0.2, 0) is 6.42 Å². The second-order valence-corrected chi connectivity index (χ2v) is 4.35. The zero-order chi connectivity index (χ0) is 13.8. The Morgan fingerprint density at radius 2 is 1.89 bits per heavy atom. The molecule has 0 aliphatic rings. The first-order valence-corrected chi connectivity index (χ1v) is 6.03. The molecule has 0 amide bonds. The maximum atomic E-state index is 14.0. The second kappa shape index (κ2) is 5.65. The number of methoxy groups -OCH3 is 1. The molecule has 0 aliphatic heterocycles. The molecule has 0 saturated heterocycles. The van der Waals surface area contributed by atoms with Crippen molar-refractivity contribution in [2.24, 2.45) is 0 Å². The van der Waals surface area contributed by atoms with Gasteiger partial charge >= 0.3 is 0 Å². The Bertz CT molecular complexity index is 605. The lowest BCUT2D eigenvalue weighted by atomic mass is 9.99. The molecule has 3 heteroatoms. The zero-order valence-electron chi connectivity index (χ0n) is 10.9. The van der Waals surface area contributed by atoms with Crippen LogP contribution in [0.4, 0.5) is 4.39 Å². The lowest BCUT2D eigenvalue weighted by Gasteiger charge is -2.08. The first-order valence-electron chi connectivity index (χ1n) is 6.03. The number of aryl methyl sites for hydroxylation is 1. The van der Waals surface area contributed by atoms with Gasteiger partial charge in [-0.2, -0.15) is 0 Å². The van der Waals surface area contributed by atoms with E-state index in [1.807, 2.05) is 31.2 Å². The van der Waals surface area contributed by atoms with Crippen LogP contribution < -0.4 is 4.74 Å². The molecule has 0 unspecified atom stereocenters. The maximum Gasteiger partial charge on any atom is 0.175 e. The number of ketones is 1. The van der Waals surface area contributed by atoms with Crippen molar-refractivity contribution in [2.45, 2.75) is 13.3 Å². The predicted molar refractivity (Wildman–Crippen MR) is 72.2 cm³/mol. The van der Waals surface area contributed by atoms with Crippen molar-refractivity contribution >= 4 is 5.78 Å². The Morgan fingerprint density at radius 3 is 2.58 bits per heavy atom. The summed E-state index contributed by atoms with van der Waals surface area (Å²) >= 11 is 0. The van der Waals surface area contributed by atoms with Crippen molar-refractivity contribution in [3.63, 3.8) is 0 Å². The van der Waals surface area contributed by atoms with Crippen LogP contribution in [0.3, 0.4) is 0 Å².